The fourth-order valence-electron chi connectivity index (χ4n) is 0.598. The lowest BCUT2D eigenvalue weighted by molar-refractivity contribution is 0.247. The Labute approximate surface area is 51.1 Å². The maximum Gasteiger partial charge on any atom is 0.399 e. The Kier molecular flexibility index (Phi) is 1.33. The predicted molar refractivity (Wildman–Crippen MR) is 33.5 cm³/mol. The first-order valence-corrected chi connectivity index (χ1v) is 2.81. The molecule has 2 nitrogen and oxygen atoms in total. The van der Waals surface area contributed by atoms with Gasteiger partial charge in [0.2, 0.25) is 0 Å². The summed E-state index contributed by atoms with van der Waals surface area (Å²) in [5, 5.41) is 0. The van der Waals surface area contributed by atoms with Crippen molar-refractivity contribution in [3.05, 3.63) is 0 Å². The Morgan fingerprint density at radius 2 is 2.25 bits per heavy atom. The van der Waals surface area contributed by atoms with Crippen LogP contribution in [0.5, 0.6) is 0 Å². The Balaban J connectivity index is 2.54. The second-order valence-corrected chi connectivity index (χ2v) is 2.84. The van der Waals surface area contributed by atoms with E-state index in [0.29, 0.717) is 0 Å². The molecule has 0 spiro atoms. The lowest BCUT2D eigenvalue weighted by atomic mass is 10.0. The molecule has 0 aromatic rings. The van der Waals surface area contributed by atoms with Crippen molar-refractivity contribution >= 4 is 7.62 Å². The molecular weight excluding hydrogens is 101 g/mol. The summed E-state index contributed by atoms with van der Waals surface area (Å²) in [4.78, 5) is 2.08. The van der Waals surface area contributed by atoms with Crippen LogP contribution in [0.4, 0.5) is 0 Å². The molecule has 0 aromatic heterocycles. The van der Waals surface area contributed by atoms with Gasteiger partial charge in [-0.2, -0.15) is 0 Å². The van der Waals surface area contributed by atoms with Gasteiger partial charge in [0, 0.05) is 12.1 Å². The number of nitrogens with zero attached hydrogens (tertiary/aromatic N) is 1. The summed E-state index contributed by atoms with van der Waals surface area (Å²) in [5.41, 5.74) is 0.208. The second kappa shape index (κ2) is 1.74. The zero-order valence-electron chi connectivity index (χ0n) is 5.64. The summed E-state index contributed by atoms with van der Waals surface area (Å²) >= 11 is 0. The molecule has 1 fully saturated rings. The molecule has 3 heteroatoms. The second-order valence-electron chi connectivity index (χ2n) is 2.84. The maximum absolute atomic E-state index is 5.07. The van der Waals surface area contributed by atoms with Crippen LogP contribution in [-0.2, 0) is 4.65 Å². The van der Waals surface area contributed by atoms with Gasteiger partial charge in [0.15, 0.2) is 0 Å². The highest BCUT2D eigenvalue weighted by Gasteiger charge is 2.30. The smallest absolute Gasteiger partial charge is 0.399 e. The minimum Gasteiger partial charge on any atom is -0.422 e. The van der Waals surface area contributed by atoms with E-state index in [-0.39, 0.29) is 5.54 Å². The number of rotatable bonds is 0. The molecule has 1 aliphatic rings. The highest BCUT2D eigenvalue weighted by Crippen LogP contribution is 2.16. The van der Waals surface area contributed by atoms with E-state index in [9.17, 15) is 0 Å². The normalized spacial score (nSPS) is 27.9. The molecule has 0 bridgehead atoms. The highest BCUT2D eigenvalue weighted by atomic mass is 16.4. The van der Waals surface area contributed by atoms with Crippen LogP contribution in [0.2, 0.25) is 0 Å². The molecule has 0 N–H and O–H groups in total. The zero-order valence-corrected chi connectivity index (χ0v) is 5.64. The number of likely N-dealkylation sites (N-methyl/N-ethyl adjacent to an activating group) is 1. The van der Waals surface area contributed by atoms with Gasteiger partial charge in [-0.1, -0.05) is 0 Å². The van der Waals surface area contributed by atoms with Crippen LogP contribution < -0.4 is 0 Å². The third kappa shape index (κ3) is 0.882. The molecular formula is C5H11BNO. The van der Waals surface area contributed by atoms with Gasteiger partial charge in [-0.15, -0.1) is 0 Å². The van der Waals surface area contributed by atoms with Crippen molar-refractivity contribution in [1.82, 2.24) is 4.81 Å². The van der Waals surface area contributed by atoms with Crippen molar-refractivity contribution in [2.75, 3.05) is 13.7 Å². The lowest BCUT2D eigenvalue weighted by Gasteiger charge is -2.24. The van der Waals surface area contributed by atoms with Crippen LogP contribution in [0.1, 0.15) is 13.8 Å². The van der Waals surface area contributed by atoms with Crippen molar-refractivity contribution in [1.29, 1.82) is 0 Å². The van der Waals surface area contributed by atoms with E-state index in [2.05, 4.69) is 18.7 Å². The molecule has 0 amide bonds. The highest BCUT2D eigenvalue weighted by molar-refractivity contribution is 6.24. The van der Waals surface area contributed by atoms with Gasteiger partial charge in [0.05, 0.1) is 0 Å². The van der Waals surface area contributed by atoms with Crippen LogP contribution >= 0.6 is 0 Å². The van der Waals surface area contributed by atoms with Crippen molar-refractivity contribution in [2.24, 2.45) is 0 Å². The van der Waals surface area contributed by atoms with Gasteiger partial charge in [-0.3, -0.25) is 0 Å². The summed E-state index contributed by atoms with van der Waals surface area (Å²) < 4.78 is 5.07. The first-order chi connectivity index (χ1) is 3.63. The number of hydrogen-bond donors (Lipinski definition) is 0. The van der Waals surface area contributed by atoms with E-state index in [1.165, 1.54) is 0 Å². The average molecular weight is 112 g/mol. The van der Waals surface area contributed by atoms with E-state index in [0.717, 1.165) is 6.61 Å². The molecule has 0 saturated carbocycles. The largest absolute Gasteiger partial charge is 0.422 e. The molecule has 1 saturated heterocycles. The minimum atomic E-state index is 0.208. The standard InChI is InChI=1S/C5H11BNO/c1-5(2)4-8-6-7(5)3/h4H2,1-3H3. The summed E-state index contributed by atoms with van der Waals surface area (Å²) in [6.07, 6.45) is 0. The monoisotopic (exact) mass is 112 g/mol. The average Bonchev–Trinajstić information content (AvgIpc) is 1.86. The molecule has 0 atom stereocenters. The first kappa shape index (κ1) is 6.11. The Morgan fingerprint density at radius 1 is 1.62 bits per heavy atom. The molecule has 1 heterocycles. The van der Waals surface area contributed by atoms with Crippen molar-refractivity contribution < 1.29 is 4.65 Å². The van der Waals surface area contributed by atoms with E-state index in [1.807, 2.05) is 7.05 Å². The van der Waals surface area contributed by atoms with Crippen LogP contribution in [-0.4, -0.2) is 31.6 Å². The number of hydrogen-bond acceptors (Lipinski definition) is 2. The fraction of sp³-hybridized carbons (Fsp3) is 1.00. The fourth-order valence-corrected chi connectivity index (χ4v) is 0.598. The van der Waals surface area contributed by atoms with E-state index in [1.54, 1.807) is 7.62 Å². The molecule has 1 aliphatic heterocycles. The van der Waals surface area contributed by atoms with Gasteiger partial charge in [-0.05, 0) is 20.9 Å². The third-order valence-electron chi connectivity index (χ3n) is 1.62. The Morgan fingerprint density at radius 3 is 2.38 bits per heavy atom. The third-order valence-corrected chi connectivity index (χ3v) is 1.62. The van der Waals surface area contributed by atoms with Gasteiger partial charge in [0.1, 0.15) is 0 Å². The molecule has 0 aromatic carbocycles. The van der Waals surface area contributed by atoms with Crippen LogP contribution in [0.25, 0.3) is 0 Å². The Bertz CT molecular complexity index is 94.4. The van der Waals surface area contributed by atoms with Crippen molar-refractivity contribution in [3.63, 3.8) is 0 Å². The van der Waals surface area contributed by atoms with Crippen LogP contribution in [0, 0.1) is 0 Å². The van der Waals surface area contributed by atoms with Gasteiger partial charge >= 0.3 is 7.62 Å². The van der Waals surface area contributed by atoms with E-state index in [4.69, 9.17) is 4.65 Å². The summed E-state index contributed by atoms with van der Waals surface area (Å²) in [6.45, 7) is 5.11. The molecule has 1 radical (unpaired) electrons. The van der Waals surface area contributed by atoms with Gasteiger partial charge in [0.25, 0.3) is 0 Å². The van der Waals surface area contributed by atoms with Crippen molar-refractivity contribution in [3.8, 4) is 0 Å². The SMILES string of the molecule is CN1[B]OCC1(C)C. The summed E-state index contributed by atoms with van der Waals surface area (Å²) in [5.74, 6) is 0. The quantitative estimate of drug-likeness (QED) is 0.417. The Hall–Kier alpha value is -0.0151. The van der Waals surface area contributed by atoms with Gasteiger partial charge < -0.3 is 9.47 Å². The summed E-state index contributed by atoms with van der Waals surface area (Å²) in [7, 11) is 3.78. The minimum absolute atomic E-state index is 0.208. The van der Waals surface area contributed by atoms with Crippen LogP contribution in [0.15, 0.2) is 0 Å². The molecule has 0 aliphatic carbocycles. The topological polar surface area (TPSA) is 12.5 Å². The molecule has 45 valence electrons. The zero-order chi connectivity index (χ0) is 6.20. The molecule has 1 rings (SSSR count). The van der Waals surface area contributed by atoms with Gasteiger partial charge in [-0.25, -0.2) is 0 Å². The maximum atomic E-state index is 5.07. The van der Waals surface area contributed by atoms with Crippen LogP contribution in [0.3, 0.4) is 0 Å². The summed E-state index contributed by atoms with van der Waals surface area (Å²) in [6, 6.07) is 0. The first-order valence-electron chi connectivity index (χ1n) is 2.81. The van der Waals surface area contributed by atoms with E-state index < -0.39 is 0 Å². The predicted octanol–water partition coefficient (Wildman–Crippen LogP) is 0.261. The molecule has 0 unspecified atom stereocenters. The lowest BCUT2D eigenvalue weighted by Crippen LogP contribution is -2.37. The molecule has 8 heavy (non-hydrogen) atoms. The van der Waals surface area contributed by atoms with E-state index >= 15 is 0 Å². The van der Waals surface area contributed by atoms with Crippen molar-refractivity contribution in [2.45, 2.75) is 19.4 Å².